The second kappa shape index (κ2) is 5.52. The number of hydrogen-bond acceptors (Lipinski definition) is 5. The maximum atomic E-state index is 12.5. The van der Waals surface area contributed by atoms with Gasteiger partial charge in [-0.15, -0.1) is 0 Å². The topological polar surface area (TPSA) is 54.0 Å². The summed E-state index contributed by atoms with van der Waals surface area (Å²) in [7, 11) is 0. The first-order valence-corrected chi connectivity index (χ1v) is 8.27. The smallest absolute Gasteiger partial charge is 0.340 e. The molecule has 0 aromatic rings. The van der Waals surface area contributed by atoms with Crippen LogP contribution in [0.4, 0.5) is 0 Å². The number of fused-ring (bicyclic) bond motifs is 1. The van der Waals surface area contributed by atoms with Crippen LogP contribution in [0.3, 0.4) is 0 Å². The Bertz CT molecular complexity index is 395. The van der Waals surface area contributed by atoms with Crippen LogP contribution in [0, 0.1) is 0 Å². The fourth-order valence-electron chi connectivity index (χ4n) is 3.75. The van der Waals surface area contributed by atoms with Crippen molar-refractivity contribution in [3.63, 3.8) is 0 Å². The Morgan fingerprint density at radius 2 is 1.62 bits per heavy atom. The van der Waals surface area contributed by atoms with Crippen LogP contribution >= 0.6 is 0 Å². The average Bonchev–Trinajstić information content (AvgIpc) is 2.48. The highest BCUT2D eigenvalue weighted by atomic mass is 16.8. The lowest BCUT2D eigenvalue weighted by Crippen LogP contribution is -2.71. The van der Waals surface area contributed by atoms with Crippen LogP contribution in [0.5, 0.6) is 0 Å². The molecule has 5 heteroatoms. The summed E-state index contributed by atoms with van der Waals surface area (Å²) in [6, 6.07) is 0. The quantitative estimate of drug-likeness (QED) is 0.734. The fraction of sp³-hybridized carbons (Fsp3) is 0.938. The summed E-state index contributed by atoms with van der Waals surface area (Å²) >= 11 is 0. The van der Waals surface area contributed by atoms with Crippen molar-refractivity contribution in [2.75, 3.05) is 13.2 Å². The molecule has 3 saturated heterocycles. The highest BCUT2D eigenvalue weighted by Gasteiger charge is 2.67. The molecule has 2 spiro atoms. The summed E-state index contributed by atoms with van der Waals surface area (Å²) in [5, 5.41) is 0. The van der Waals surface area contributed by atoms with Gasteiger partial charge in [0.25, 0.3) is 5.79 Å². The Morgan fingerprint density at radius 1 is 1.00 bits per heavy atom. The molecule has 0 N–H and O–H groups in total. The molecule has 3 rings (SSSR count). The summed E-state index contributed by atoms with van der Waals surface area (Å²) in [6.07, 6.45) is 6.83. The van der Waals surface area contributed by atoms with Crippen molar-refractivity contribution in [2.24, 2.45) is 0 Å². The maximum absolute atomic E-state index is 12.5. The van der Waals surface area contributed by atoms with Gasteiger partial charge in [-0.3, -0.25) is 0 Å². The van der Waals surface area contributed by atoms with Gasteiger partial charge in [0.05, 0.1) is 13.2 Å². The minimum absolute atomic E-state index is 0.314. The Hall–Kier alpha value is -0.650. The predicted molar refractivity (Wildman–Crippen MR) is 75.6 cm³/mol. The molecule has 0 bridgehead atoms. The average molecular weight is 298 g/mol. The Morgan fingerprint density at radius 3 is 2.14 bits per heavy atom. The Kier molecular flexibility index (Phi) is 4.01. The minimum Gasteiger partial charge on any atom is -0.425 e. The number of rotatable bonds is 2. The van der Waals surface area contributed by atoms with Gasteiger partial charge in [0.15, 0.2) is 5.60 Å². The van der Waals surface area contributed by atoms with Crippen molar-refractivity contribution < 1.29 is 23.7 Å². The van der Waals surface area contributed by atoms with E-state index < -0.39 is 17.2 Å². The third-order valence-electron chi connectivity index (χ3n) is 4.86. The van der Waals surface area contributed by atoms with Crippen molar-refractivity contribution in [3.05, 3.63) is 0 Å². The van der Waals surface area contributed by atoms with Crippen LogP contribution in [-0.2, 0) is 23.7 Å². The zero-order valence-electron chi connectivity index (χ0n) is 13.1. The van der Waals surface area contributed by atoms with Gasteiger partial charge in [-0.2, -0.15) is 0 Å². The van der Waals surface area contributed by atoms with Crippen LogP contribution in [0.15, 0.2) is 0 Å². The van der Waals surface area contributed by atoms with E-state index in [2.05, 4.69) is 0 Å². The molecule has 5 nitrogen and oxygen atoms in total. The molecule has 0 saturated carbocycles. The lowest BCUT2D eigenvalue weighted by atomic mass is 9.86. The van der Waals surface area contributed by atoms with E-state index in [-0.39, 0.29) is 5.97 Å². The van der Waals surface area contributed by atoms with Gasteiger partial charge in [-0.05, 0) is 39.0 Å². The molecule has 0 aromatic carbocycles. The first-order chi connectivity index (χ1) is 10.1. The standard InChI is InChI=1S/C16H26O5/c1-3-8-14(2)13(17)20-15(9-4-6-11-18-15)16(21-14)10-5-7-12-19-16/h3-12H2,1-2H3/t14-,15-,16-/m1/s1. The zero-order valence-corrected chi connectivity index (χ0v) is 13.1. The molecule has 120 valence electrons. The molecule has 3 aliphatic heterocycles. The summed E-state index contributed by atoms with van der Waals surface area (Å²) in [5.74, 6) is -2.29. The van der Waals surface area contributed by atoms with Crippen molar-refractivity contribution in [2.45, 2.75) is 82.4 Å². The van der Waals surface area contributed by atoms with Gasteiger partial charge in [0.1, 0.15) is 0 Å². The highest BCUT2D eigenvalue weighted by molar-refractivity contribution is 5.80. The van der Waals surface area contributed by atoms with Gasteiger partial charge < -0.3 is 18.9 Å². The van der Waals surface area contributed by atoms with Gasteiger partial charge in [-0.25, -0.2) is 4.79 Å². The molecule has 0 aliphatic carbocycles. The van der Waals surface area contributed by atoms with Crippen molar-refractivity contribution in [3.8, 4) is 0 Å². The second-order valence-corrected chi connectivity index (χ2v) is 6.59. The number of esters is 1. The Labute approximate surface area is 126 Å². The molecule has 3 atom stereocenters. The van der Waals surface area contributed by atoms with Gasteiger partial charge >= 0.3 is 5.97 Å². The fourth-order valence-corrected chi connectivity index (χ4v) is 3.75. The van der Waals surface area contributed by atoms with E-state index in [4.69, 9.17) is 18.9 Å². The van der Waals surface area contributed by atoms with E-state index >= 15 is 0 Å². The summed E-state index contributed by atoms with van der Waals surface area (Å²) in [6.45, 7) is 5.07. The molecular weight excluding hydrogens is 272 g/mol. The molecule has 0 radical (unpaired) electrons. The third kappa shape index (κ3) is 2.39. The number of ether oxygens (including phenoxy) is 4. The van der Waals surface area contributed by atoms with Gasteiger partial charge in [0.2, 0.25) is 5.79 Å². The van der Waals surface area contributed by atoms with Crippen LogP contribution in [0.25, 0.3) is 0 Å². The van der Waals surface area contributed by atoms with E-state index in [9.17, 15) is 4.79 Å². The Balaban J connectivity index is 1.94. The zero-order chi connectivity index (χ0) is 15.0. The van der Waals surface area contributed by atoms with E-state index in [1.807, 2.05) is 13.8 Å². The first-order valence-electron chi connectivity index (χ1n) is 8.27. The van der Waals surface area contributed by atoms with Crippen molar-refractivity contribution in [1.82, 2.24) is 0 Å². The molecule has 0 aromatic heterocycles. The molecule has 3 aliphatic rings. The van der Waals surface area contributed by atoms with Gasteiger partial charge in [0, 0.05) is 12.8 Å². The summed E-state index contributed by atoms with van der Waals surface area (Å²) < 4.78 is 24.2. The third-order valence-corrected chi connectivity index (χ3v) is 4.86. The largest absolute Gasteiger partial charge is 0.425 e. The van der Waals surface area contributed by atoms with Crippen molar-refractivity contribution >= 4 is 5.97 Å². The lowest BCUT2D eigenvalue weighted by Gasteiger charge is -2.57. The van der Waals surface area contributed by atoms with E-state index in [0.29, 0.717) is 26.1 Å². The molecule has 0 unspecified atom stereocenters. The number of hydrogen-bond donors (Lipinski definition) is 0. The van der Waals surface area contributed by atoms with Crippen LogP contribution in [0.2, 0.25) is 0 Å². The van der Waals surface area contributed by atoms with Crippen LogP contribution in [0.1, 0.15) is 65.2 Å². The monoisotopic (exact) mass is 298 g/mol. The van der Waals surface area contributed by atoms with E-state index in [1.165, 1.54) is 0 Å². The second-order valence-electron chi connectivity index (χ2n) is 6.59. The van der Waals surface area contributed by atoms with Gasteiger partial charge in [-0.1, -0.05) is 13.3 Å². The summed E-state index contributed by atoms with van der Waals surface area (Å²) in [5.41, 5.74) is -0.932. The molecule has 21 heavy (non-hydrogen) atoms. The molecular formula is C16H26O5. The molecule has 0 amide bonds. The molecule has 3 heterocycles. The van der Waals surface area contributed by atoms with Crippen LogP contribution < -0.4 is 0 Å². The van der Waals surface area contributed by atoms with Crippen molar-refractivity contribution in [1.29, 1.82) is 0 Å². The maximum Gasteiger partial charge on any atom is 0.340 e. The summed E-state index contributed by atoms with van der Waals surface area (Å²) in [4.78, 5) is 12.5. The number of carbonyl (C=O) groups excluding carboxylic acids is 1. The first kappa shape index (κ1) is 15.3. The minimum atomic E-state index is -1.05. The van der Waals surface area contributed by atoms with E-state index in [0.717, 1.165) is 38.5 Å². The predicted octanol–water partition coefficient (Wildman–Crippen LogP) is 2.91. The molecule has 3 fully saturated rings. The number of carbonyl (C=O) groups is 1. The van der Waals surface area contributed by atoms with E-state index in [1.54, 1.807) is 0 Å². The van der Waals surface area contributed by atoms with Crippen LogP contribution in [-0.4, -0.2) is 36.4 Å². The normalized spacial score (nSPS) is 44.0. The SMILES string of the molecule is CCC[C@@]1(C)O[C@]2(CCCCO2)[C@@]2(CCCCO2)OC1=O. The lowest BCUT2D eigenvalue weighted by molar-refractivity contribution is -0.455. The highest BCUT2D eigenvalue weighted by Crippen LogP contribution is 2.50.